The Morgan fingerprint density at radius 3 is 2.95 bits per heavy atom. The van der Waals surface area contributed by atoms with Crippen molar-refractivity contribution in [2.24, 2.45) is 0 Å². The first kappa shape index (κ1) is 15.0. The van der Waals surface area contributed by atoms with Crippen LogP contribution in [0.4, 0.5) is 11.4 Å². The van der Waals surface area contributed by atoms with Gasteiger partial charge in [-0.1, -0.05) is 6.42 Å². The van der Waals surface area contributed by atoms with Gasteiger partial charge in [0.15, 0.2) is 5.82 Å². The number of rotatable bonds is 4. The van der Waals surface area contributed by atoms with Gasteiger partial charge in [-0.2, -0.15) is 0 Å². The number of anilines is 1. The minimum atomic E-state index is -0.410. The normalized spacial score (nSPS) is 14.2. The van der Waals surface area contributed by atoms with E-state index < -0.39 is 4.92 Å². The monoisotopic (exact) mass is 365 g/mol. The summed E-state index contributed by atoms with van der Waals surface area (Å²) in [6.07, 6.45) is 4.52. The smallest absolute Gasteiger partial charge is 0.270 e. The molecule has 116 valence electrons. The number of aryl methyl sites for hydroxylation is 1. The van der Waals surface area contributed by atoms with Crippen LogP contribution in [0.2, 0.25) is 0 Å². The number of nitro benzene ring substituents is 1. The van der Waals surface area contributed by atoms with Gasteiger partial charge in [-0.05, 0) is 34.8 Å². The molecule has 0 radical (unpaired) electrons. The fourth-order valence-electron chi connectivity index (χ4n) is 2.61. The van der Waals surface area contributed by atoms with Crippen LogP contribution in [0.1, 0.15) is 30.9 Å². The van der Waals surface area contributed by atoms with Gasteiger partial charge in [0.1, 0.15) is 5.82 Å². The van der Waals surface area contributed by atoms with Gasteiger partial charge >= 0.3 is 0 Å². The third-order valence-corrected chi connectivity index (χ3v) is 4.44. The summed E-state index contributed by atoms with van der Waals surface area (Å²) >= 11 is 3.36. The number of nitrogens with zero attached hydrogens (tertiary/aromatic N) is 4. The molecule has 7 nitrogen and oxygen atoms in total. The van der Waals surface area contributed by atoms with Crippen molar-refractivity contribution in [3.8, 4) is 0 Å². The lowest BCUT2D eigenvalue weighted by Gasteiger charge is -2.10. The van der Waals surface area contributed by atoms with E-state index in [4.69, 9.17) is 0 Å². The molecular formula is C14H16BrN5O2. The number of hydrogen-bond donors (Lipinski definition) is 1. The van der Waals surface area contributed by atoms with Gasteiger partial charge in [0.25, 0.3) is 5.69 Å². The summed E-state index contributed by atoms with van der Waals surface area (Å²) in [6, 6.07) is 4.67. The van der Waals surface area contributed by atoms with Crippen LogP contribution in [0.15, 0.2) is 22.7 Å². The van der Waals surface area contributed by atoms with E-state index in [-0.39, 0.29) is 5.69 Å². The van der Waals surface area contributed by atoms with Gasteiger partial charge in [0.05, 0.1) is 11.5 Å². The second-order valence-electron chi connectivity index (χ2n) is 5.27. The zero-order valence-electron chi connectivity index (χ0n) is 12.0. The van der Waals surface area contributed by atoms with Crippen LogP contribution in [-0.2, 0) is 19.5 Å². The molecule has 0 fully saturated rings. The van der Waals surface area contributed by atoms with Gasteiger partial charge < -0.3 is 9.88 Å². The number of hydrogen-bond acceptors (Lipinski definition) is 5. The van der Waals surface area contributed by atoms with Crippen molar-refractivity contribution in [3.63, 3.8) is 0 Å². The molecule has 1 N–H and O–H groups in total. The number of nitro groups is 1. The molecule has 22 heavy (non-hydrogen) atoms. The molecule has 0 bridgehead atoms. The van der Waals surface area contributed by atoms with E-state index in [1.165, 1.54) is 25.0 Å². The van der Waals surface area contributed by atoms with E-state index in [1.54, 1.807) is 6.07 Å². The Balaban J connectivity index is 1.73. The van der Waals surface area contributed by atoms with Crippen molar-refractivity contribution >= 4 is 27.3 Å². The van der Waals surface area contributed by atoms with Gasteiger partial charge in [0.2, 0.25) is 0 Å². The van der Waals surface area contributed by atoms with E-state index in [1.807, 2.05) is 0 Å². The maximum absolute atomic E-state index is 10.7. The first-order valence-corrected chi connectivity index (χ1v) is 8.03. The van der Waals surface area contributed by atoms with Crippen LogP contribution in [0, 0.1) is 10.1 Å². The Labute approximate surface area is 136 Å². The molecule has 1 aromatic carbocycles. The summed E-state index contributed by atoms with van der Waals surface area (Å²) < 4.78 is 2.84. The Kier molecular flexibility index (Phi) is 4.37. The zero-order valence-corrected chi connectivity index (χ0v) is 13.5. The van der Waals surface area contributed by atoms with E-state index >= 15 is 0 Å². The molecule has 0 saturated carbocycles. The molecule has 2 heterocycles. The molecule has 0 atom stereocenters. The SMILES string of the molecule is O=[N+]([O-])c1ccc(NCc2nnc3n2CCCCC3)c(Br)c1. The van der Waals surface area contributed by atoms with Crippen molar-refractivity contribution < 1.29 is 4.92 Å². The number of halogens is 1. The van der Waals surface area contributed by atoms with Crippen molar-refractivity contribution in [3.05, 3.63) is 44.4 Å². The maximum atomic E-state index is 10.7. The molecule has 1 aromatic heterocycles. The predicted molar refractivity (Wildman–Crippen MR) is 85.7 cm³/mol. The summed E-state index contributed by atoms with van der Waals surface area (Å²) in [5.74, 6) is 1.96. The molecule has 0 spiro atoms. The van der Waals surface area contributed by atoms with Gasteiger partial charge in [0, 0.05) is 35.3 Å². The molecule has 8 heteroatoms. The quantitative estimate of drug-likeness (QED) is 0.663. The molecule has 0 amide bonds. The van der Waals surface area contributed by atoms with Crippen molar-refractivity contribution in [1.29, 1.82) is 0 Å². The van der Waals surface area contributed by atoms with Crippen molar-refractivity contribution in [2.75, 3.05) is 5.32 Å². The fourth-order valence-corrected chi connectivity index (χ4v) is 3.12. The molecule has 0 unspecified atom stereocenters. The Morgan fingerprint density at radius 2 is 2.18 bits per heavy atom. The average Bonchev–Trinajstić information content (AvgIpc) is 2.73. The van der Waals surface area contributed by atoms with E-state index in [0.717, 1.165) is 36.7 Å². The number of fused-ring (bicyclic) bond motifs is 1. The van der Waals surface area contributed by atoms with Crippen LogP contribution in [-0.4, -0.2) is 19.7 Å². The topological polar surface area (TPSA) is 85.9 Å². The highest BCUT2D eigenvalue weighted by atomic mass is 79.9. The predicted octanol–water partition coefficient (Wildman–Crippen LogP) is 3.29. The van der Waals surface area contributed by atoms with E-state index in [9.17, 15) is 10.1 Å². The van der Waals surface area contributed by atoms with Gasteiger partial charge in [-0.15, -0.1) is 10.2 Å². The molecule has 3 rings (SSSR count). The third kappa shape index (κ3) is 3.11. The van der Waals surface area contributed by atoms with Crippen LogP contribution < -0.4 is 5.32 Å². The third-order valence-electron chi connectivity index (χ3n) is 3.79. The highest BCUT2D eigenvalue weighted by Gasteiger charge is 2.15. The van der Waals surface area contributed by atoms with Crippen molar-refractivity contribution in [2.45, 2.75) is 38.8 Å². The Hall–Kier alpha value is -1.96. The molecule has 2 aromatic rings. The highest BCUT2D eigenvalue weighted by Crippen LogP contribution is 2.27. The van der Waals surface area contributed by atoms with E-state index in [0.29, 0.717) is 11.0 Å². The fraction of sp³-hybridized carbons (Fsp3) is 0.429. The minimum Gasteiger partial charge on any atom is -0.377 e. The zero-order chi connectivity index (χ0) is 15.5. The average molecular weight is 366 g/mol. The molecule has 1 aliphatic rings. The lowest BCUT2D eigenvalue weighted by Crippen LogP contribution is -2.10. The lowest BCUT2D eigenvalue weighted by molar-refractivity contribution is -0.384. The van der Waals surface area contributed by atoms with Crippen LogP contribution >= 0.6 is 15.9 Å². The second kappa shape index (κ2) is 6.43. The largest absolute Gasteiger partial charge is 0.377 e. The molecule has 0 saturated heterocycles. The first-order valence-electron chi connectivity index (χ1n) is 7.24. The van der Waals surface area contributed by atoms with Crippen LogP contribution in [0.25, 0.3) is 0 Å². The van der Waals surface area contributed by atoms with Crippen molar-refractivity contribution in [1.82, 2.24) is 14.8 Å². The summed E-state index contributed by atoms with van der Waals surface area (Å²) in [5, 5.41) is 22.5. The van der Waals surface area contributed by atoms with Crippen LogP contribution in [0.5, 0.6) is 0 Å². The first-order chi connectivity index (χ1) is 10.6. The lowest BCUT2D eigenvalue weighted by atomic mass is 10.2. The second-order valence-corrected chi connectivity index (χ2v) is 6.12. The molecule has 0 aliphatic carbocycles. The van der Waals surface area contributed by atoms with Gasteiger partial charge in [-0.25, -0.2) is 0 Å². The number of nitrogens with one attached hydrogen (secondary N) is 1. The maximum Gasteiger partial charge on any atom is 0.270 e. The number of benzene rings is 1. The minimum absolute atomic E-state index is 0.0637. The Morgan fingerprint density at radius 1 is 1.32 bits per heavy atom. The molecular weight excluding hydrogens is 350 g/mol. The summed E-state index contributed by atoms with van der Waals surface area (Å²) in [5.41, 5.74) is 0.866. The Bertz CT molecular complexity index is 701. The standard InChI is InChI=1S/C14H16BrN5O2/c15-11-8-10(20(21)22)5-6-12(11)16-9-14-18-17-13-4-2-1-3-7-19(13)14/h5-6,8,16H,1-4,7,9H2. The summed E-state index contributed by atoms with van der Waals surface area (Å²) in [6.45, 7) is 1.50. The van der Waals surface area contributed by atoms with Crippen LogP contribution in [0.3, 0.4) is 0 Å². The van der Waals surface area contributed by atoms with Gasteiger partial charge in [-0.3, -0.25) is 10.1 Å². The highest BCUT2D eigenvalue weighted by molar-refractivity contribution is 9.10. The summed E-state index contributed by atoms with van der Waals surface area (Å²) in [7, 11) is 0. The number of non-ortho nitro benzene ring substituents is 1. The number of aromatic nitrogens is 3. The molecule has 1 aliphatic heterocycles. The van der Waals surface area contributed by atoms with E-state index in [2.05, 4.69) is 36.0 Å². The summed E-state index contributed by atoms with van der Waals surface area (Å²) in [4.78, 5) is 10.3.